The Morgan fingerprint density at radius 3 is 2.21 bits per heavy atom. The van der Waals surface area contributed by atoms with Crippen LogP contribution in [-0.2, 0) is 10.0 Å². The van der Waals surface area contributed by atoms with Crippen LogP contribution in [0.15, 0.2) is 29.2 Å². The van der Waals surface area contributed by atoms with Crippen molar-refractivity contribution in [3.63, 3.8) is 0 Å². The summed E-state index contributed by atoms with van der Waals surface area (Å²) in [6.07, 6.45) is 0.904. The second kappa shape index (κ2) is 4.89. The van der Waals surface area contributed by atoms with Gasteiger partial charge in [0.25, 0.3) is 0 Å². The predicted molar refractivity (Wildman–Crippen MR) is 76.4 cm³/mol. The molecule has 19 heavy (non-hydrogen) atoms. The average Bonchev–Trinajstić information content (AvgIpc) is 2.94. The minimum atomic E-state index is -3.39. The summed E-state index contributed by atoms with van der Waals surface area (Å²) < 4.78 is 27.1. The summed E-state index contributed by atoms with van der Waals surface area (Å²) in [6.45, 7) is 6.17. The molecule has 0 aliphatic heterocycles. The Bertz CT molecular complexity index is 549. The molecule has 1 aliphatic rings. The molecule has 1 aromatic carbocycles. The maximum absolute atomic E-state index is 12.2. The molecule has 0 bridgehead atoms. The molecule has 4 nitrogen and oxygen atoms in total. The summed E-state index contributed by atoms with van der Waals surface area (Å²) in [4.78, 5) is 0.335. The largest absolute Gasteiger partial charge is 0.313 e. The van der Waals surface area contributed by atoms with Crippen LogP contribution in [0.4, 0.5) is 0 Å². The van der Waals surface area contributed by atoms with Crippen molar-refractivity contribution >= 4 is 10.0 Å². The van der Waals surface area contributed by atoms with Gasteiger partial charge in [0.05, 0.1) is 4.90 Å². The van der Waals surface area contributed by atoms with E-state index in [4.69, 9.17) is 0 Å². The number of rotatable bonds is 5. The lowest BCUT2D eigenvalue weighted by atomic mass is 10.1. The molecule has 1 aliphatic carbocycles. The lowest BCUT2D eigenvalue weighted by Crippen LogP contribution is -2.28. The van der Waals surface area contributed by atoms with Crippen molar-refractivity contribution in [1.29, 1.82) is 0 Å². The first-order chi connectivity index (χ1) is 8.76. The van der Waals surface area contributed by atoms with Crippen molar-refractivity contribution in [2.75, 3.05) is 7.05 Å². The van der Waals surface area contributed by atoms with Gasteiger partial charge in [-0.3, -0.25) is 0 Å². The minimum Gasteiger partial charge on any atom is -0.313 e. The number of hydrogen-bond acceptors (Lipinski definition) is 3. The van der Waals surface area contributed by atoms with E-state index in [1.807, 2.05) is 26.1 Å². The van der Waals surface area contributed by atoms with E-state index in [0.29, 0.717) is 4.90 Å². The van der Waals surface area contributed by atoms with Crippen LogP contribution in [0.2, 0.25) is 0 Å². The third-order valence-electron chi connectivity index (χ3n) is 3.93. The quantitative estimate of drug-likeness (QED) is 0.869. The highest BCUT2D eigenvalue weighted by Crippen LogP contribution is 2.45. The maximum atomic E-state index is 12.2. The summed E-state index contributed by atoms with van der Waals surface area (Å²) in [6, 6.07) is 7.32. The topological polar surface area (TPSA) is 58.2 Å². The van der Waals surface area contributed by atoms with Gasteiger partial charge in [0.1, 0.15) is 0 Å². The molecule has 1 saturated carbocycles. The summed E-state index contributed by atoms with van der Waals surface area (Å²) in [5, 5.41) is 3.13. The maximum Gasteiger partial charge on any atom is 0.240 e. The molecule has 0 aromatic heterocycles. The van der Waals surface area contributed by atoms with Crippen LogP contribution < -0.4 is 10.0 Å². The molecule has 106 valence electrons. The van der Waals surface area contributed by atoms with Crippen molar-refractivity contribution < 1.29 is 8.42 Å². The summed E-state index contributed by atoms with van der Waals surface area (Å²) >= 11 is 0. The van der Waals surface area contributed by atoms with Gasteiger partial charge >= 0.3 is 0 Å². The van der Waals surface area contributed by atoms with Crippen LogP contribution in [0.5, 0.6) is 0 Å². The summed E-state index contributed by atoms with van der Waals surface area (Å²) in [7, 11) is -1.51. The predicted octanol–water partition coefficient (Wildman–Crippen LogP) is 2.04. The van der Waals surface area contributed by atoms with Gasteiger partial charge in [0, 0.05) is 12.1 Å². The molecule has 5 heteroatoms. The van der Waals surface area contributed by atoms with Crippen molar-refractivity contribution in [1.82, 2.24) is 10.0 Å². The third kappa shape index (κ3) is 3.16. The highest BCUT2D eigenvalue weighted by atomic mass is 32.2. The van der Waals surface area contributed by atoms with E-state index >= 15 is 0 Å². The van der Waals surface area contributed by atoms with Crippen LogP contribution in [0.3, 0.4) is 0 Å². The van der Waals surface area contributed by atoms with Crippen LogP contribution in [0.1, 0.15) is 38.8 Å². The number of nitrogens with one attached hydrogen (secondary N) is 2. The van der Waals surface area contributed by atoms with Gasteiger partial charge in [-0.1, -0.05) is 26.0 Å². The molecule has 0 spiro atoms. The number of sulfonamides is 1. The fourth-order valence-electron chi connectivity index (χ4n) is 2.03. The molecule has 0 amide bonds. The Hall–Kier alpha value is -0.910. The fourth-order valence-corrected chi connectivity index (χ4v) is 3.43. The lowest BCUT2D eigenvalue weighted by Gasteiger charge is -2.12. The Kier molecular flexibility index (Phi) is 3.73. The molecular weight excluding hydrogens is 260 g/mol. The van der Waals surface area contributed by atoms with E-state index < -0.39 is 10.0 Å². The lowest BCUT2D eigenvalue weighted by molar-refractivity contribution is 0.555. The summed E-state index contributed by atoms with van der Waals surface area (Å²) in [5.41, 5.74) is 1.17. The molecule has 2 atom stereocenters. The van der Waals surface area contributed by atoms with Crippen molar-refractivity contribution in [2.45, 2.75) is 44.2 Å². The molecule has 0 heterocycles. The highest BCUT2D eigenvalue weighted by Gasteiger charge is 2.47. The zero-order valence-electron chi connectivity index (χ0n) is 11.9. The fraction of sp³-hybridized carbons (Fsp3) is 0.571. The molecule has 2 unspecified atom stereocenters. The van der Waals surface area contributed by atoms with E-state index in [9.17, 15) is 8.42 Å². The first-order valence-electron chi connectivity index (χ1n) is 6.56. The number of hydrogen-bond donors (Lipinski definition) is 2. The Morgan fingerprint density at radius 1 is 1.26 bits per heavy atom. The van der Waals surface area contributed by atoms with E-state index in [2.05, 4.69) is 23.9 Å². The van der Waals surface area contributed by atoms with Crippen LogP contribution >= 0.6 is 0 Å². The zero-order valence-corrected chi connectivity index (χ0v) is 12.7. The molecule has 0 saturated heterocycles. The van der Waals surface area contributed by atoms with E-state index in [1.54, 1.807) is 12.1 Å². The Balaban J connectivity index is 2.13. The minimum absolute atomic E-state index is 0.0633. The summed E-state index contributed by atoms with van der Waals surface area (Å²) in [5.74, 6) is 0. The van der Waals surface area contributed by atoms with Gasteiger partial charge in [-0.15, -0.1) is 0 Å². The first kappa shape index (κ1) is 14.5. The first-order valence-corrected chi connectivity index (χ1v) is 8.04. The van der Waals surface area contributed by atoms with Crippen LogP contribution in [0.25, 0.3) is 0 Å². The van der Waals surface area contributed by atoms with Gasteiger partial charge in [-0.2, -0.15) is 0 Å². The monoisotopic (exact) mass is 282 g/mol. The van der Waals surface area contributed by atoms with Crippen molar-refractivity contribution in [3.05, 3.63) is 29.8 Å². The van der Waals surface area contributed by atoms with Crippen molar-refractivity contribution in [3.8, 4) is 0 Å². The van der Waals surface area contributed by atoms with E-state index in [0.717, 1.165) is 12.0 Å². The molecule has 2 rings (SSSR count). The highest BCUT2D eigenvalue weighted by molar-refractivity contribution is 7.89. The van der Waals surface area contributed by atoms with E-state index in [1.165, 1.54) is 0 Å². The molecular formula is C14H22N2O2S. The molecule has 0 radical (unpaired) electrons. The zero-order chi connectivity index (χ0) is 14.3. The van der Waals surface area contributed by atoms with Gasteiger partial charge < -0.3 is 5.32 Å². The van der Waals surface area contributed by atoms with Crippen LogP contribution in [0, 0.1) is 5.41 Å². The molecule has 1 fully saturated rings. The van der Waals surface area contributed by atoms with Gasteiger partial charge in [-0.25, -0.2) is 13.1 Å². The van der Waals surface area contributed by atoms with Crippen molar-refractivity contribution in [2.24, 2.45) is 5.41 Å². The molecule has 1 aromatic rings. The molecule has 2 N–H and O–H groups in total. The van der Waals surface area contributed by atoms with E-state index in [-0.39, 0.29) is 17.5 Å². The second-order valence-electron chi connectivity index (χ2n) is 5.95. The Labute approximate surface area is 115 Å². The van der Waals surface area contributed by atoms with Gasteiger partial charge in [0.2, 0.25) is 10.0 Å². The standard InChI is InChI=1S/C14H22N2O2S/c1-10(15-4)11-5-7-12(8-6-11)19(17,18)16-13-9-14(13,2)3/h5-8,10,13,15-16H,9H2,1-4H3. The average molecular weight is 282 g/mol. The third-order valence-corrected chi connectivity index (χ3v) is 5.42. The van der Waals surface area contributed by atoms with Gasteiger partial charge in [0.15, 0.2) is 0 Å². The second-order valence-corrected chi connectivity index (χ2v) is 7.66. The van der Waals surface area contributed by atoms with Gasteiger partial charge in [-0.05, 0) is 43.5 Å². The SMILES string of the molecule is CNC(C)c1ccc(S(=O)(=O)NC2CC2(C)C)cc1. The smallest absolute Gasteiger partial charge is 0.240 e. The number of benzene rings is 1. The normalized spacial score (nSPS) is 23.1. The Morgan fingerprint density at radius 2 is 1.79 bits per heavy atom. The van der Waals surface area contributed by atoms with Crippen LogP contribution in [-0.4, -0.2) is 21.5 Å².